The second-order valence-corrected chi connectivity index (χ2v) is 3.83. The number of benzene rings is 1. The van der Waals surface area contributed by atoms with Crippen LogP contribution >= 0.6 is 0 Å². The van der Waals surface area contributed by atoms with Gasteiger partial charge in [-0.1, -0.05) is 0 Å². The first-order chi connectivity index (χ1) is 8.49. The van der Waals surface area contributed by atoms with Gasteiger partial charge in [-0.15, -0.1) is 0 Å². The molecule has 0 radical (unpaired) electrons. The van der Waals surface area contributed by atoms with Crippen LogP contribution in [-0.2, 0) is 4.79 Å². The Morgan fingerprint density at radius 3 is 2.56 bits per heavy atom. The number of anilines is 2. The number of nitrogens with one attached hydrogen (secondary N) is 1. The monoisotopic (exact) mass is 250 g/mol. The maximum absolute atomic E-state index is 11.5. The minimum Gasteiger partial charge on any atom is -0.397 e. The van der Waals surface area contributed by atoms with Gasteiger partial charge in [0.2, 0.25) is 5.91 Å². The van der Waals surface area contributed by atoms with Gasteiger partial charge >= 0.3 is 0 Å². The van der Waals surface area contributed by atoms with Gasteiger partial charge in [0.15, 0.2) is 0 Å². The maximum atomic E-state index is 11.5. The van der Waals surface area contributed by atoms with Crippen LogP contribution in [0, 0.1) is 0 Å². The molecule has 0 unspecified atom stereocenters. The number of nitrogens with zero attached hydrogens (tertiary/aromatic N) is 1. The van der Waals surface area contributed by atoms with E-state index in [1.165, 1.54) is 0 Å². The number of hydrogen-bond donors (Lipinski definition) is 3. The molecule has 6 nitrogen and oxygen atoms in total. The minimum absolute atomic E-state index is 0.0674. The van der Waals surface area contributed by atoms with Gasteiger partial charge < -0.3 is 21.7 Å². The SMILES string of the molecule is CCN(CC(N)=O)c1cc(C(=O)NC)ccc1N. The molecule has 0 saturated heterocycles. The van der Waals surface area contributed by atoms with Crippen LogP contribution in [-0.4, -0.2) is 32.0 Å². The summed E-state index contributed by atoms with van der Waals surface area (Å²) in [6.07, 6.45) is 0. The Hall–Kier alpha value is -2.24. The molecular weight excluding hydrogens is 232 g/mol. The predicted molar refractivity (Wildman–Crippen MR) is 71.3 cm³/mol. The molecule has 5 N–H and O–H groups in total. The van der Waals surface area contributed by atoms with Gasteiger partial charge in [0.1, 0.15) is 0 Å². The number of carbonyl (C=O) groups excluding carboxylic acids is 2. The molecule has 0 fully saturated rings. The van der Waals surface area contributed by atoms with E-state index in [1.54, 1.807) is 30.1 Å². The van der Waals surface area contributed by atoms with Crippen LogP contribution in [0.1, 0.15) is 17.3 Å². The van der Waals surface area contributed by atoms with E-state index in [2.05, 4.69) is 5.32 Å². The largest absolute Gasteiger partial charge is 0.397 e. The summed E-state index contributed by atoms with van der Waals surface area (Å²) >= 11 is 0. The molecule has 0 spiro atoms. The van der Waals surface area contributed by atoms with E-state index in [9.17, 15) is 9.59 Å². The summed E-state index contributed by atoms with van der Waals surface area (Å²) in [7, 11) is 1.55. The van der Waals surface area contributed by atoms with Crippen LogP contribution in [0.15, 0.2) is 18.2 Å². The first-order valence-corrected chi connectivity index (χ1v) is 5.64. The van der Waals surface area contributed by atoms with Crippen LogP contribution in [0.3, 0.4) is 0 Å². The van der Waals surface area contributed by atoms with E-state index in [0.29, 0.717) is 23.5 Å². The van der Waals surface area contributed by atoms with Crippen molar-refractivity contribution in [3.8, 4) is 0 Å². The first kappa shape index (κ1) is 13.8. The highest BCUT2D eigenvalue weighted by molar-refractivity contribution is 5.96. The molecule has 0 saturated carbocycles. The number of amides is 2. The van der Waals surface area contributed by atoms with Gasteiger partial charge in [-0.2, -0.15) is 0 Å². The van der Waals surface area contributed by atoms with Crippen LogP contribution in [0.25, 0.3) is 0 Å². The van der Waals surface area contributed by atoms with Crippen molar-refractivity contribution in [2.24, 2.45) is 5.73 Å². The van der Waals surface area contributed by atoms with Crippen LogP contribution in [0.5, 0.6) is 0 Å². The van der Waals surface area contributed by atoms with Gasteiger partial charge in [0.25, 0.3) is 5.91 Å². The van der Waals surface area contributed by atoms with Crippen molar-refractivity contribution in [3.63, 3.8) is 0 Å². The van der Waals surface area contributed by atoms with Gasteiger partial charge in [-0.25, -0.2) is 0 Å². The van der Waals surface area contributed by atoms with E-state index in [0.717, 1.165) is 0 Å². The topological polar surface area (TPSA) is 101 Å². The Balaban J connectivity index is 3.12. The summed E-state index contributed by atoms with van der Waals surface area (Å²) in [4.78, 5) is 24.3. The zero-order valence-corrected chi connectivity index (χ0v) is 10.6. The molecule has 1 aromatic carbocycles. The lowest BCUT2D eigenvalue weighted by Crippen LogP contribution is -2.34. The highest BCUT2D eigenvalue weighted by atomic mass is 16.2. The number of carbonyl (C=O) groups is 2. The fourth-order valence-electron chi connectivity index (χ4n) is 1.66. The van der Waals surface area contributed by atoms with Crippen molar-refractivity contribution in [1.82, 2.24) is 5.32 Å². The van der Waals surface area contributed by atoms with Crippen molar-refractivity contribution in [2.75, 3.05) is 30.8 Å². The predicted octanol–water partition coefficient (Wildman–Crippen LogP) is -0.0600. The molecule has 0 heterocycles. The van der Waals surface area contributed by atoms with E-state index in [-0.39, 0.29) is 12.5 Å². The van der Waals surface area contributed by atoms with Crippen molar-refractivity contribution >= 4 is 23.2 Å². The number of nitrogen functional groups attached to an aromatic ring is 1. The smallest absolute Gasteiger partial charge is 0.251 e. The number of nitrogens with two attached hydrogens (primary N) is 2. The standard InChI is InChI=1S/C12H18N4O2/c1-3-16(7-11(14)17)10-6-8(12(18)15-2)4-5-9(10)13/h4-6H,3,7,13H2,1-2H3,(H2,14,17)(H,15,18). The molecule has 0 aliphatic carbocycles. The Morgan fingerprint density at radius 2 is 2.06 bits per heavy atom. The van der Waals surface area contributed by atoms with E-state index in [4.69, 9.17) is 11.5 Å². The Morgan fingerprint density at radius 1 is 1.39 bits per heavy atom. The third-order valence-electron chi connectivity index (χ3n) is 2.59. The zero-order chi connectivity index (χ0) is 13.7. The van der Waals surface area contributed by atoms with Crippen LogP contribution in [0.4, 0.5) is 11.4 Å². The van der Waals surface area contributed by atoms with Crippen LogP contribution in [0.2, 0.25) is 0 Å². The quantitative estimate of drug-likeness (QED) is 0.637. The number of likely N-dealkylation sites (N-methyl/N-ethyl adjacent to an activating group) is 1. The normalized spacial score (nSPS) is 9.89. The molecule has 98 valence electrons. The minimum atomic E-state index is -0.443. The van der Waals surface area contributed by atoms with Crippen molar-refractivity contribution in [1.29, 1.82) is 0 Å². The molecule has 0 aliphatic rings. The summed E-state index contributed by atoms with van der Waals surface area (Å²) in [5.74, 6) is -0.645. The summed E-state index contributed by atoms with van der Waals surface area (Å²) in [5.41, 5.74) is 12.7. The summed E-state index contributed by atoms with van der Waals surface area (Å²) in [6, 6.07) is 4.93. The summed E-state index contributed by atoms with van der Waals surface area (Å²) < 4.78 is 0. The highest BCUT2D eigenvalue weighted by Gasteiger charge is 2.13. The highest BCUT2D eigenvalue weighted by Crippen LogP contribution is 2.24. The molecule has 2 amide bonds. The number of primary amides is 1. The fraction of sp³-hybridized carbons (Fsp3) is 0.333. The molecular formula is C12H18N4O2. The van der Waals surface area contributed by atoms with E-state index < -0.39 is 5.91 Å². The maximum Gasteiger partial charge on any atom is 0.251 e. The summed E-state index contributed by atoms with van der Waals surface area (Å²) in [6.45, 7) is 2.52. The molecule has 0 aliphatic heterocycles. The molecule has 1 aromatic rings. The second-order valence-electron chi connectivity index (χ2n) is 3.83. The third kappa shape index (κ3) is 3.13. The molecule has 6 heteroatoms. The van der Waals surface area contributed by atoms with Gasteiger partial charge in [-0.05, 0) is 25.1 Å². The lowest BCUT2D eigenvalue weighted by molar-refractivity contribution is -0.116. The van der Waals surface area contributed by atoms with Crippen molar-refractivity contribution in [2.45, 2.75) is 6.92 Å². The summed E-state index contributed by atoms with van der Waals surface area (Å²) in [5, 5.41) is 2.54. The van der Waals surface area contributed by atoms with E-state index >= 15 is 0 Å². The first-order valence-electron chi connectivity index (χ1n) is 5.64. The van der Waals surface area contributed by atoms with Crippen molar-refractivity contribution in [3.05, 3.63) is 23.8 Å². The lowest BCUT2D eigenvalue weighted by atomic mass is 10.1. The average molecular weight is 250 g/mol. The average Bonchev–Trinajstić information content (AvgIpc) is 2.35. The molecule has 0 aromatic heterocycles. The molecule has 0 bridgehead atoms. The number of hydrogen-bond acceptors (Lipinski definition) is 4. The van der Waals surface area contributed by atoms with Gasteiger partial charge in [-0.3, -0.25) is 9.59 Å². The van der Waals surface area contributed by atoms with Crippen LogP contribution < -0.4 is 21.7 Å². The third-order valence-corrected chi connectivity index (χ3v) is 2.59. The van der Waals surface area contributed by atoms with Crippen molar-refractivity contribution < 1.29 is 9.59 Å². The molecule has 0 atom stereocenters. The fourth-order valence-corrected chi connectivity index (χ4v) is 1.66. The Bertz CT molecular complexity index is 459. The van der Waals surface area contributed by atoms with E-state index in [1.807, 2.05) is 6.92 Å². The Kier molecular flexibility index (Phi) is 4.53. The Labute approximate surface area is 106 Å². The molecule has 1 rings (SSSR count). The van der Waals surface area contributed by atoms with Gasteiger partial charge in [0, 0.05) is 19.2 Å². The zero-order valence-electron chi connectivity index (χ0n) is 10.6. The number of rotatable bonds is 5. The molecule has 18 heavy (non-hydrogen) atoms. The second kappa shape index (κ2) is 5.90. The van der Waals surface area contributed by atoms with Gasteiger partial charge in [0.05, 0.1) is 17.9 Å². The lowest BCUT2D eigenvalue weighted by Gasteiger charge is -2.23.